The van der Waals surface area contributed by atoms with Crippen LogP contribution in [0, 0.1) is 5.92 Å². The van der Waals surface area contributed by atoms with E-state index >= 15 is 0 Å². The third-order valence-corrected chi connectivity index (χ3v) is 3.64. The molecule has 1 aromatic rings. The maximum absolute atomic E-state index is 9.94. The Hall–Kier alpha value is -0.480. The van der Waals surface area contributed by atoms with Gasteiger partial charge < -0.3 is 5.11 Å². The molecule has 1 aliphatic rings. The van der Waals surface area contributed by atoms with Gasteiger partial charge in [-0.2, -0.15) is 16.9 Å². The third kappa shape index (κ3) is 1.89. The van der Waals surface area contributed by atoms with Gasteiger partial charge in [0, 0.05) is 19.2 Å². The standard InChI is InChI=1S/C9H14N2OS/c1-11-4-2-8(10-11)9(12)7-3-5-13-6-7/h2,4,7,9,12H,3,5-6H2,1H3. The van der Waals surface area contributed by atoms with Gasteiger partial charge >= 0.3 is 0 Å². The summed E-state index contributed by atoms with van der Waals surface area (Å²) in [4.78, 5) is 0. The van der Waals surface area contributed by atoms with Gasteiger partial charge in [-0.25, -0.2) is 0 Å². The highest BCUT2D eigenvalue weighted by Gasteiger charge is 2.26. The topological polar surface area (TPSA) is 38.0 Å². The van der Waals surface area contributed by atoms with Crippen molar-refractivity contribution in [1.82, 2.24) is 9.78 Å². The minimum absolute atomic E-state index is 0.365. The Bertz CT molecular complexity index is 281. The Morgan fingerprint density at radius 2 is 2.62 bits per heavy atom. The molecule has 0 aliphatic carbocycles. The van der Waals surface area contributed by atoms with Crippen molar-refractivity contribution >= 4 is 11.8 Å². The molecule has 1 aliphatic heterocycles. The third-order valence-electron chi connectivity index (χ3n) is 2.45. The van der Waals surface area contributed by atoms with Gasteiger partial charge in [-0.05, 0) is 24.0 Å². The molecule has 72 valence electrons. The molecule has 1 saturated heterocycles. The second kappa shape index (κ2) is 3.72. The number of nitrogens with zero attached hydrogens (tertiary/aromatic N) is 2. The molecule has 2 unspecified atom stereocenters. The lowest BCUT2D eigenvalue weighted by atomic mass is 10.00. The Labute approximate surface area is 82.1 Å². The first-order valence-corrected chi connectivity index (χ1v) is 5.68. The second-order valence-corrected chi connectivity index (χ2v) is 4.63. The van der Waals surface area contributed by atoms with Crippen LogP contribution in [-0.4, -0.2) is 26.4 Å². The lowest BCUT2D eigenvalue weighted by Gasteiger charge is -2.14. The van der Waals surface area contributed by atoms with E-state index in [0.717, 1.165) is 17.9 Å². The summed E-state index contributed by atoms with van der Waals surface area (Å²) in [5, 5.41) is 14.2. The lowest BCUT2D eigenvalue weighted by molar-refractivity contribution is 0.116. The quantitative estimate of drug-likeness (QED) is 0.776. The van der Waals surface area contributed by atoms with E-state index in [4.69, 9.17) is 0 Å². The predicted octanol–water partition coefficient (Wildman–Crippen LogP) is 1.21. The van der Waals surface area contributed by atoms with Gasteiger partial charge in [-0.1, -0.05) is 0 Å². The van der Waals surface area contributed by atoms with E-state index < -0.39 is 0 Å². The summed E-state index contributed by atoms with van der Waals surface area (Å²) >= 11 is 1.92. The van der Waals surface area contributed by atoms with Crippen molar-refractivity contribution in [2.75, 3.05) is 11.5 Å². The molecule has 2 atom stereocenters. The van der Waals surface area contributed by atoms with Crippen molar-refractivity contribution in [3.8, 4) is 0 Å². The van der Waals surface area contributed by atoms with Gasteiger partial charge in [-0.15, -0.1) is 0 Å². The molecule has 0 spiro atoms. The molecule has 2 rings (SSSR count). The summed E-state index contributed by atoms with van der Waals surface area (Å²) < 4.78 is 1.74. The maximum atomic E-state index is 9.94. The van der Waals surface area contributed by atoms with Crippen LogP contribution in [0.3, 0.4) is 0 Å². The zero-order valence-corrected chi connectivity index (χ0v) is 8.50. The summed E-state index contributed by atoms with van der Waals surface area (Å²) in [7, 11) is 1.87. The van der Waals surface area contributed by atoms with Gasteiger partial charge in [0.2, 0.25) is 0 Å². The van der Waals surface area contributed by atoms with Crippen molar-refractivity contribution in [3.63, 3.8) is 0 Å². The molecule has 0 bridgehead atoms. The first-order valence-electron chi connectivity index (χ1n) is 4.53. The van der Waals surface area contributed by atoms with Crippen molar-refractivity contribution in [1.29, 1.82) is 0 Å². The van der Waals surface area contributed by atoms with Crippen LogP contribution in [0.2, 0.25) is 0 Å². The summed E-state index contributed by atoms with van der Waals surface area (Å²) in [6, 6.07) is 1.90. The fraction of sp³-hybridized carbons (Fsp3) is 0.667. The second-order valence-electron chi connectivity index (χ2n) is 3.48. The molecule has 13 heavy (non-hydrogen) atoms. The van der Waals surface area contributed by atoms with E-state index in [9.17, 15) is 5.11 Å². The summed E-state index contributed by atoms with van der Waals surface area (Å²) in [6.45, 7) is 0. The molecule has 0 amide bonds. The van der Waals surface area contributed by atoms with Crippen LogP contribution < -0.4 is 0 Å². The van der Waals surface area contributed by atoms with Crippen LogP contribution in [0.5, 0.6) is 0 Å². The van der Waals surface area contributed by atoms with Crippen molar-refractivity contribution in [2.45, 2.75) is 12.5 Å². The van der Waals surface area contributed by atoms with Crippen molar-refractivity contribution < 1.29 is 5.11 Å². The molecule has 1 fully saturated rings. The predicted molar refractivity (Wildman–Crippen MR) is 53.6 cm³/mol. The molecule has 2 heterocycles. The Morgan fingerprint density at radius 3 is 3.15 bits per heavy atom. The van der Waals surface area contributed by atoms with Crippen LogP contribution >= 0.6 is 11.8 Å². The fourth-order valence-corrected chi connectivity index (χ4v) is 2.92. The average molecular weight is 198 g/mol. The smallest absolute Gasteiger partial charge is 0.101 e. The monoisotopic (exact) mass is 198 g/mol. The SMILES string of the molecule is Cn1ccc(C(O)C2CCSC2)n1. The largest absolute Gasteiger partial charge is 0.386 e. The van der Waals surface area contributed by atoms with Crippen LogP contribution in [0.1, 0.15) is 18.2 Å². The zero-order chi connectivity index (χ0) is 9.26. The van der Waals surface area contributed by atoms with E-state index in [1.165, 1.54) is 5.75 Å². The van der Waals surface area contributed by atoms with Gasteiger partial charge in [0.25, 0.3) is 0 Å². The molecule has 1 aromatic heterocycles. The normalized spacial score (nSPS) is 24.9. The van der Waals surface area contributed by atoms with Crippen LogP contribution in [0.15, 0.2) is 12.3 Å². The Kier molecular flexibility index (Phi) is 2.60. The highest BCUT2D eigenvalue weighted by atomic mass is 32.2. The Balaban J connectivity index is 2.07. The Morgan fingerprint density at radius 1 is 1.77 bits per heavy atom. The first-order chi connectivity index (χ1) is 6.27. The summed E-state index contributed by atoms with van der Waals surface area (Å²) in [5.41, 5.74) is 0.815. The number of aryl methyl sites for hydroxylation is 1. The molecular formula is C9H14N2OS. The van der Waals surface area contributed by atoms with E-state index in [2.05, 4.69) is 5.10 Å². The maximum Gasteiger partial charge on any atom is 0.101 e. The number of aliphatic hydroxyl groups is 1. The zero-order valence-electron chi connectivity index (χ0n) is 7.68. The van der Waals surface area contributed by atoms with Gasteiger partial charge in [0.05, 0.1) is 5.69 Å². The lowest BCUT2D eigenvalue weighted by Crippen LogP contribution is -2.12. The summed E-state index contributed by atoms with van der Waals surface area (Å²) in [6.07, 6.45) is 2.62. The number of hydrogen-bond donors (Lipinski definition) is 1. The number of hydrogen-bond acceptors (Lipinski definition) is 3. The van der Waals surface area contributed by atoms with Crippen LogP contribution in [0.4, 0.5) is 0 Å². The first kappa shape index (κ1) is 9.09. The fourth-order valence-electron chi connectivity index (χ4n) is 1.63. The highest BCUT2D eigenvalue weighted by Crippen LogP contribution is 2.33. The van der Waals surface area contributed by atoms with Crippen molar-refractivity contribution in [3.05, 3.63) is 18.0 Å². The van der Waals surface area contributed by atoms with E-state index in [1.807, 2.05) is 31.1 Å². The number of thioether (sulfide) groups is 1. The van der Waals surface area contributed by atoms with Crippen LogP contribution in [-0.2, 0) is 7.05 Å². The molecule has 1 N–H and O–H groups in total. The number of aromatic nitrogens is 2. The molecular weight excluding hydrogens is 184 g/mol. The molecule has 0 aromatic carbocycles. The number of rotatable bonds is 2. The highest BCUT2D eigenvalue weighted by molar-refractivity contribution is 7.99. The summed E-state index contributed by atoms with van der Waals surface area (Å²) in [5.74, 6) is 2.65. The molecule has 3 nitrogen and oxygen atoms in total. The number of aliphatic hydroxyl groups excluding tert-OH is 1. The molecule has 0 saturated carbocycles. The van der Waals surface area contributed by atoms with Gasteiger partial charge in [0.15, 0.2) is 0 Å². The van der Waals surface area contributed by atoms with Gasteiger partial charge in [0.1, 0.15) is 6.10 Å². The van der Waals surface area contributed by atoms with Gasteiger partial charge in [-0.3, -0.25) is 4.68 Å². The minimum atomic E-state index is -0.365. The minimum Gasteiger partial charge on any atom is -0.386 e. The average Bonchev–Trinajstić information content (AvgIpc) is 2.72. The molecule has 4 heteroatoms. The van der Waals surface area contributed by atoms with E-state index in [1.54, 1.807) is 4.68 Å². The van der Waals surface area contributed by atoms with E-state index in [-0.39, 0.29) is 6.10 Å². The van der Waals surface area contributed by atoms with E-state index in [0.29, 0.717) is 5.92 Å². The van der Waals surface area contributed by atoms with Crippen LogP contribution in [0.25, 0.3) is 0 Å². The van der Waals surface area contributed by atoms with Crippen molar-refractivity contribution in [2.24, 2.45) is 13.0 Å². The molecule has 0 radical (unpaired) electrons.